The second-order valence-corrected chi connectivity index (χ2v) is 8.48. The quantitative estimate of drug-likeness (QED) is 0.674. The van der Waals surface area contributed by atoms with Gasteiger partial charge in [0.15, 0.2) is 5.65 Å². The van der Waals surface area contributed by atoms with Crippen molar-refractivity contribution in [3.8, 4) is 5.75 Å². The minimum absolute atomic E-state index is 0.183. The Morgan fingerprint density at radius 3 is 2.63 bits per heavy atom. The van der Waals surface area contributed by atoms with Gasteiger partial charge in [0.1, 0.15) is 5.75 Å². The molecule has 0 amide bonds. The number of rotatable bonds is 4. The molecule has 0 saturated carbocycles. The minimum atomic E-state index is -3.63. The third-order valence-electron chi connectivity index (χ3n) is 5.04. The molecule has 142 valence electrons. The van der Waals surface area contributed by atoms with Crippen LogP contribution in [0.25, 0.3) is 11.2 Å². The third kappa shape index (κ3) is 2.83. The molecule has 0 spiro atoms. The van der Waals surface area contributed by atoms with Crippen LogP contribution in [0.3, 0.4) is 0 Å². The molecule has 1 aromatic carbocycles. The number of fused-ring (bicyclic) bond motifs is 1. The highest BCUT2D eigenvalue weighted by atomic mass is 32.2. The minimum Gasteiger partial charge on any atom is -0.497 e. The molecule has 4 rings (SSSR count). The molecule has 8 nitrogen and oxygen atoms in total. The molecule has 0 unspecified atom stereocenters. The highest BCUT2D eigenvalue weighted by Crippen LogP contribution is 2.29. The van der Waals surface area contributed by atoms with Gasteiger partial charge in [0.25, 0.3) is 0 Å². The smallest absolute Gasteiger partial charge is 0.330 e. The lowest BCUT2D eigenvalue weighted by atomic mass is 10.2. The zero-order chi connectivity index (χ0) is 19.2. The van der Waals surface area contributed by atoms with Crippen LogP contribution in [0.4, 0.5) is 0 Å². The van der Waals surface area contributed by atoms with Gasteiger partial charge in [-0.1, -0.05) is 0 Å². The molecule has 1 aliphatic heterocycles. The van der Waals surface area contributed by atoms with Crippen LogP contribution < -0.4 is 10.4 Å². The molecule has 1 fully saturated rings. The lowest BCUT2D eigenvalue weighted by molar-refractivity contribution is 0.414. The fraction of sp³-hybridized carbons (Fsp3) is 0.333. The molecular weight excluding hydrogens is 368 g/mol. The summed E-state index contributed by atoms with van der Waals surface area (Å²) in [5.74, 6) is 0.599. The Bertz CT molecular complexity index is 1150. The van der Waals surface area contributed by atoms with Gasteiger partial charge in [-0.15, -0.1) is 0 Å². The van der Waals surface area contributed by atoms with Gasteiger partial charge in [-0.25, -0.2) is 18.2 Å². The number of ether oxygens (including phenoxy) is 1. The summed E-state index contributed by atoms with van der Waals surface area (Å²) in [4.78, 5) is 17.2. The topological polar surface area (TPSA) is 86.4 Å². The van der Waals surface area contributed by atoms with Gasteiger partial charge >= 0.3 is 5.69 Å². The molecule has 0 radical (unpaired) electrons. The Labute approximate surface area is 156 Å². The first-order valence-corrected chi connectivity index (χ1v) is 10.0. The summed E-state index contributed by atoms with van der Waals surface area (Å²) in [5.41, 5.74) is 1.13. The van der Waals surface area contributed by atoms with Crippen LogP contribution in [0, 0.1) is 0 Å². The summed E-state index contributed by atoms with van der Waals surface area (Å²) in [6, 6.07) is 9.69. The van der Waals surface area contributed by atoms with Crippen molar-refractivity contribution in [2.24, 2.45) is 7.05 Å². The van der Waals surface area contributed by atoms with Crippen LogP contribution >= 0.6 is 0 Å². The Morgan fingerprint density at radius 1 is 1.19 bits per heavy atom. The molecule has 1 aliphatic rings. The number of hydrogen-bond acceptors (Lipinski definition) is 5. The van der Waals surface area contributed by atoms with Gasteiger partial charge in [0.05, 0.1) is 23.6 Å². The van der Waals surface area contributed by atoms with E-state index in [4.69, 9.17) is 4.74 Å². The molecule has 2 aromatic heterocycles. The summed E-state index contributed by atoms with van der Waals surface area (Å²) in [5, 5.41) is 0. The normalized spacial score (nSPS) is 18.2. The van der Waals surface area contributed by atoms with Crippen LogP contribution in [0.2, 0.25) is 0 Å². The maximum absolute atomic E-state index is 12.9. The van der Waals surface area contributed by atoms with Gasteiger partial charge in [-0.05, 0) is 42.8 Å². The van der Waals surface area contributed by atoms with Crippen molar-refractivity contribution >= 4 is 21.2 Å². The highest BCUT2D eigenvalue weighted by molar-refractivity contribution is 7.89. The van der Waals surface area contributed by atoms with Crippen molar-refractivity contribution in [3.05, 3.63) is 53.1 Å². The van der Waals surface area contributed by atoms with Crippen molar-refractivity contribution in [2.45, 2.75) is 17.4 Å². The number of pyridine rings is 1. The number of benzene rings is 1. The van der Waals surface area contributed by atoms with Crippen molar-refractivity contribution in [1.29, 1.82) is 0 Å². The third-order valence-corrected chi connectivity index (χ3v) is 6.92. The van der Waals surface area contributed by atoms with Crippen LogP contribution in [-0.2, 0) is 17.1 Å². The monoisotopic (exact) mass is 388 g/mol. The van der Waals surface area contributed by atoms with E-state index in [-0.39, 0.29) is 23.2 Å². The number of methoxy groups -OCH3 is 1. The fourth-order valence-corrected chi connectivity index (χ4v) is 5.05. The van der Waals surface area contributed by atoms with Crippen molar-refractivity contribution in [3.63, 3.8) is 0 Å². The Morgan fingerprint density at radius 2 is 1.93 bits per heavy atom. The Balaban J connectivity index is 1.66. The molecule has 9 heteroatoms. The first-order valence-electron chi connectivity index (χ1n) is 8.59. The standard InChI is InChI=1S/C18H20N4O4S/c1-20-16-4-3-10-19-17(16)22(18(20)23)13-9-11-21(12-13)27(24,25)15-7-5-14(26-2)6-8-15/h3-8,10,13H,9,11-12H2,1-2H3/t13-/m0/s1. The molecule has 3 heterocycles. The molecule has 0 bridgehead atoms. The predicted octanol–water partition coefficient (Wildman–Crippen LogP) is 1.38. The Kier molecular flexibility index (Phi) is 4.27. The largest absolute Gasteiger partial charge is 0.497 e. The number of aromatic nitrogens is 3. The van der Waals surface area contributed by atoms with E-state index in [9.17, 15) is 13.2 Å². The molecule has 1 saturated heterocycles. The number of hydrogen-bond donors (Lipinski definition) is 0. The van der Waals surface area contributed by atoms with Gasteiger partial charge in [0, 0.05) is 26.3 Å². The van der Waals surface area contributed by atoms with E-state index in [2.05, 4.69) is 4.98 Å². The highest BCUT2D eigenvalue weighted by Gasteiger charge is 2.35. The zero-order valence-corrected chi connectivity index (χ0v) is 15.9. The van der Waals surface area contributed by atoms with Crippen molar-refractivity contribution < 1.29 is 13.2 Å². The van der Waals surface area contributed by atoms with Crippen molar-refractivity contribution in [2.75, 3.05) is 20.2 Å². The molecular formula is C18H20N4O4S. The molecule has 27 heavy (non-hydrogen) atoms. The van der Waals surface area contributed by atoms with Crippen LogP contribution in [0.5, 0.6) is 5.75 Å². The van der Waals surface area contributed by atoms with E-state index in [1.807, 2.05) is 6.07 Å². The summed E-state index contributed by atoms with van der Waals surface area (Å²) in [6.07, 6.45) is 2.20. The first kappa shape index (κ1) is 17.7. The fourth-order valence-electron chi connectivity index (χ4n) is 3.56. The number of aryl methyl sites for hydroxylation is 1. The zero-order valence-electron chi connectivity index (χ0n) is 15.1. The van der Waals surface area contributed by atoms with Gasteiger partial charge in [-0.2, -0.15) is 4.31 Å². The average Bonchev–Trinajstić information content (AvgIpc) is 3.26. The van der Waals surface area contributed by atoms with E-state index < -0.39 is 10.0 Å². The van der Waals surface area contributed by atoms with E-state index in [1.54, 1.807) is 40.6 Å². The number of sulfonamides is 1. The molecule has 0 aliphatic carbocycles. The second kappa shape index (κ2) is 6.50. The molecule has 1 atom stereocenters. The molecule has 0 N–H and O–H groups in total. The maximum atomic E-state index is 12.9. The molecule has 3 aromatic rings. The van der Waals surface area contributed by atoms with Crippen LogP contribution in [0.15, 0.2) is 52.3 Å². The summed E-state index contributed by atoms with van der Waals surface area (Å²) < 4.78 is 35.5. The lowest BCUT2D eigenvalue weighted by Gasteiger charge is -2.17. The van der Waals surface area contributed by atoms with Crippen molar-refractivity contribution in [1.82, 2.24) is 18.4 Å². The van der Waals surface area contributed by atoms with Crippen LogP contribution in [0.1, 0.15) is 12.5 Å². The summed E-state index contributed by atoms with van der Waals surface area (Å²) in [6.45, 7) is 0.596. The van der Waals surface area contributed by atoms with E-state index in [0.29, 0.717) is 24.4 Å². The second-order valence-electron chi connectivity index (χ2n) is 6.54. The summed E-state index contributed by atoms with van der Waals surface area (Å²) in [7, 11) is -0.398. The maximum Gasteiger partial charge on any atom is 0.330 e. The van der Waals surface area contributed by atoms with E-state index >= 15 is 0 Å². The number of imidazole rings is 1. The number of nitrogens with zero attached hydrogens (tertiary/aromatic N) is 4. The first-order chi connectivity index (χ1) is 12.9. The van der Waals surface area contributed by atoms with Gasteiger partial charge in [-0.3, -0.25) is 9.13 Å². The SMILES string of the molecule is COc1ccc(S(=O)(=O)N2CC[C@H](n3c(=O)n(C)c4cccnc43)C2)cc1. The van der Waals surface area contributed by atoms with E-state index in [1.165, 1.54) is 23.5 Å². The van der Waals surface area contributed by atoms with Crippen LogP contribution in [-0.4, -0.2) is 47.0 Å². The Hall–Kier alpha value is -2.65. The lowest BCUT2D eigenvalue weighted by Crippen LogP contribution is -2.31. The van der Waals surface area contributed by atoms with Gasteiger partial charge < -0.3 is 4.74 Å². The predicted molar refractivity (Wildman–Crippen MR) is 100 cm³/mol. The average molecular weight is 388 g/mol. The van der Waals surface area contributed by atoms with Gasteiger partial charge in [0.2, 0.25) is 10.0 Å². The van der Waals surface area contributed by atoms with E-state index in [0.717, 1.165) is 5.52 Å². The summed E-state index contributed by atoms with van der Waals surface area (Å²) >= 11 is 0.